The fourth-order valence-electron chi connectivity index (χ4n) is 3.38. The van der Waals surface area contributed by atoms with Crippen LogP contribution < -0.4 is 0 Å². The van der Waals surface area contributed by atoms with Crippen LogP contribution in [0.2, 0.25) is 0 Å². The number of rotatable bonds is 7. The molecule has 4 heteroatoms. The molecule has 132 valence electrons. The van der Waals surface area contributed by atoms with Gasteiger partial charge in [0, 0.05) is 32.8 Å². The zero-order valence-corrected chi connectivity index (χ0v) is 14.4. The van der Waals surface area contributed by atoms with E-state index in [1.807, 2.05) is 18.2 Å². The van der Waals surface area contributed by atoms with Crippen LogP contribution in [0.4, 0.5) is 0 Å². The second-order valence-electron chi connectivity index (χ2n) is 6.72. The Bertz CT molecular complexity index is 681. The van der Waals surface area contributed by atoms with E-state index in [9.17, 15) is 9.90 Å². The molecular formula is C21H25NO3. The van der Waals surface area contributed by atoms with E-state index < -0.39 is 5.97 Å². The summed E-state index contributed by atoms with van der Waals surface area (Å²) in [5.74, 6) is -0.235. The van der Waals surface area contributed by atoms with Crippen LogP contribution in [0, 0.1) is 5.92 Å². The summed E-state index contributed by atoms with van der Waals surface area (Å²) < 4.78 is 5.48. The maximum Gasteiger partial charge on any atom is 0.335 e. The summed E-state index contributed by atoms with van der Waals surface area (Å²) in [5, 5.41) is 9.21. The van der Waals surface area contributed by atoms with Gasteiger partial charge >= 0.3 is 5.97 Å². The Morgan fingerprint density at radius 3 is 2.40 bits per heavy atom. The van der Waals surface area contributed by atoms with Gasteiger partial charge in [0.2, 0.25) is 0 Å². The van der Waals surface area contributed by atoms with Gasteiger partial charge in [-0.3, -0.25) is 4.90 Å². The Hall–Kier alpha value is -2.17. The quantitative estimate of drug-likeness (QED) is 0.833. The molecule has 1 N–H and O–H groups in total. The highest BCUT2D eigenvalue weighted by Gasteiger charge is 2.18. The lowest BCUT2D eigenvalue weighted by molar-refractivity contribution is 0.0501. The maximum atomic E-state index is 11.2. The summed E-state index contributed by atoms with van der Waals surface area (Å²) >= 11 is 0. The van der Waals surface area contributed by atoms with E-state index in [2.05, 4.69) is 29.2 Å². The smallest absolute Gasteiger partial charge is 0.335 e. The lowest BCUT2D eigenvalue weighted by atomic mass is 9.99. The number of carbonyl (C=O) groups is 1. The topological polar surface area (TPSA) is 49.8 Å². The van der Waals surface area contributed by atoms with E-state index in [0.29, 0.717) is 11.5 Å². The van der Waals surface area contributed by atoms with Crippen molar-refractivity contribution in [1.82, 2.24) is 4.90 Å². The minimum Gasteiger partial charge on any atom is -0.478 e. The van der Waals surface area contributed by atoms with Crippen molar-refractivity contribution in [2.75, 3.05) is 19.8 Å². The van der Waals surface area contributed by atoms with Crippen LogP contribution in [-0.2, 0) is 17.8 Å². The fourth-order valence-corrected chi connectivity index (χ4v) is 3.38. The van der Waals surface area contributed by atoms with Gasteiger partial charge in [-0.25, -0.2) is 4.79 Å². The molecule has 25 heavy (non-hydrogen) atoms. The highest BCUT2D eigenvalue weighted by Crippen LogP contribution is 2.20. The zero-order chi connectivity index (χ0) is 17.5. The summed E-state index contributed by atoms with van der Waals surface area (Å²) in [6.07, 6.45) is 2.20. The first kappa shape index (κ1) is 17.6. The van der Waals surface area contributed by atoms with Gasteiger partial charge < -0.3 is 9.84 Å². The number of carboxylic acids is 1. The van der Waals surface area contributed by atoms with Crippen molar-refractivity contribution >= 4 is 5.97 Å². The Kier molecular flexibility index (Phi) is 6.20. The lowest BCUT2D eigenvalue weighted by Crippen LogP contribution is -2.32. The molecule has 1 heterocycles. The average Bonchev–Trinajstić information content (AvgIpc) is 2.63. The molecule has 2 aromatic rings. The Morgan fingerprint density at radius 1 is 1.00 bits per heavy atom. The normalized spacial score (nSPS) is 15.4. The molecule has 0 radical (unpaired) electrons. The molecule has 0 bridgehead atoms. The summed E-state index contributed by atoms with van der Waals surface area (Å²) in [7, 11) is 0. The maximum absolute atomic E-state index is 11.2. The Balaban J connectivity index is 1.72. The van der Waals surface area contributed by atoms with Crippen molar-refractivity contribution in [3.05, 3.63) is 71.3 Å². The van der Waals surface area contributed by atoms with Crippen molar-refractivity contribution in [3.8, 4) is 0 Å². The number of hydrogen-bond acceptors (Lipinski definition) is 3. The van der Waals surface area contributed by atoms with Gasteiger partial charge in [0.15, 0.2) is 0 Å². The summed E-state index contributed by atoms with van der Waals surface area (Å²) in [6.45, 7) is 4.33. The summed E-state index contributed by atoms with van der Waals surface area (Å²) in [6, 6.07) is 17.7. The van der Waals surface area contributed by atoms with Crippen molar-refractivity contribution in [2.24, 2.45) is 5.92 Å². The highest BCUT2D eigenvalue weighted by molar-refractivity contribution is 5.87. The summed E-state index contributed by atoms with van der Waals surface area (Å²) in [5.41, 5.74) is 2.68. The van der Waals surface area contributed by atoms with E-state index in [-0.39, 0.29) is 0 Å². The van der Waals surface area contributed by atoms with E-state index >= 15 is 0 Å². The molecule has 0 unspecified atom stereocenters. The molecule has 1 aliphatic heterocycles. The Labute approximate surface area is 149 Å². The first-order chi connectivity index (χ1) is 12.2. The minimum absolute atomic E-state index is 0.350. The monoisotopic (exact) mass is 339 g/mol. The molecule has 3 rings (SSSR count). The summed E-state index contributed by atoms with van der Waals surface area (Å²) in [4.78, 5) is 13.6. The number of ether oxygens (including phenoxy) is 1. The average molecular weight is 339 g/mol. The standard InChI is InChI=1S/C21H25NO3/c23-21(24)20-8-4-7-19(13-20)16-22(14-17-5-2-1-3-6-17)15-18-9-11-25-12-10-18/h1-8,13,18H,9-12,14-16H2,(H,23,24). The SMILES string of the molecule is O=C(O)c1cccc(CN(Cc2ccccc2)CC2CCOCC2)c1. The Morgan fingerprint density at radius 2 is 1.68 bits per heavy atom. The second kappa shape index (κ2) is 8.79. The third-order valence-corrected chi connectivity index (χ3v) is 4.69. The van der Waals surface area contributed by atoms with Gasteiger partial charge in [-0.05, 0) is 42.0 Å². The number of nitrogens with zero attached hydrogens (tertiary/aromatic N) is 1. The number of aromatic carboxylic acids is 1. The molecular weight excluding hydrogens is 314 g/mol. The van der Waals surface area contributed by atoms with Crippen molar-refractivity contribution in [1.29, 1.82) is 0 Å². The van der Waals surface area contributed by atoms with Crippen LogP contribution >= 0.6 is 0 Å². The predicted molar refractivity (Wildman–Crippen MR) is 97.5 cm³/mol. The van der Waals surface area contributed by atoms with Crippen molar-refractivity contribution < 1.29 is 14.6 Å². The number of hydrogen-bond donors (Lipinski definition) is 1. The molecule has 0 spiro atoms. The molecule has 1 aliphatic rings. The third-order valence-electron chi connectivity index (χ3n) is 4.69. The van der Waals surface area contributed by atoms with Gasteiger partial charge in [0.05, 0.1) is 5.56 Å². The van der Waals surface area contributed by atoms with Crippen LogP contribution in [0.25, 0.3) is 0 Å². The van der Waals surface area contributed by atoms with Gasteiger partial charge in [-0.2, -0.15) is 0 Å². The van der Waals surface area contributed by atoms with Crippen molar-refractivity contribution in [3.63, 3.8) is 0 Å². The molecule has 0 aromatic heterocycles. The molecule has 1 fully saturated rings. The van der Waals surface area contributed by atoms with E-state index in [1.54, 1.807) is 12.1 Å². The highest BCUT2D eigenvalue weighted by atomic mass is 16.5. The van der Waals surface area contributed by atoms with Crippen LogP contribution in [0.15, 0.2) is 54.6 Å². The second-order valence-corrected chi connectivity index (χ2v) is 6.72. The molecule has 0 saturated carbocycles. The molecule has 1 saturated heterocycles. The first-order valence-electron chi connectivity index (χ1n) is 8.87. The largest absolute Gasteiger partial charge is 0.478 e. The zero-order valence-electron chi connectivity index (χ0n) is 14.4. The predicted octanol–water partition coefficient (Wildman–Crippen LogP) is 3.81. The molecule has 4 nitrogen and oxygen atoms in total. The molecule has 2 aromatic carbocycles. The molecule has 0 atom stereocenters. The molecule has 0 amide bonds. The van der Waals surface area contributed by atoms with Gasteiger partial charge in [0.1, 0.15) is 0 Å². The molecule has 0 aliphatic carbocycles. The van der Waals surface area contributed by atoms with Gasteiger partial charge in [-0.15, -0.1) is 0 Å². The third kappa shape index (κ3) is 5.41. The van der Waals surface area contributed by atoms with E-state index in [4.69, 9.17) is 4.74 Å². The van der Waals surface area contributed by atoms with E-state index in [0.717, 1.165) is 51.3 Å². The minimum atomic E-state index is -0.874. The number of carboxylic acid groups (broad SMARTS) is 1. The van der Waals surface area contributed by atoms with Gasteiger partial charge in [-0.1, -0.05) is 42.5 Å². The van der Waals surface area contributed by atoms with Crippen LogP contribution in [0.5, 0.6) is 0 Å². The first-order valence-corrected chi connectivity index (χ1v) is 8.87. The lowest BCUT2D eigenvalue weighted by Gasteiger charge is -2.30. The van der Waals surface area contributed by atoms with Crippen LogP contribution in [0.3, 0.4) is 0 Å². The van der Waals surface area contributed by atoms with Crippen molar-refractivity contribution in [2.45, 2.75) is 25.9 Å². The fraction of sp³-hybridized carbons (Fsp3) is 0.381. The van der Waals surface area contributed by atoms with E-state index in [1.165, 1.54) is 5.56 Å². The van der Waals surface area contributed by atoms with Crippen LogP contribution in [-0.4, -0.2) is 35.7 Å². The van der Waals surface area contributed by atoms with Gasteiger partial charge in [0.25, 0.3) is 0 Å². The number of benzene rings is 2. The van der Waals surface area contributed by atoms with Crippen LogP contribution in [0.1, 0.15) is 34.3 Å².